The molecule has 1 heterocycles. The molecule has 2 aromatic carbocycles. The van der Waals surface area contributed by atoms with Crippen molar-refractivity contribution < 1.29 is 0 Å². The maximum Gasteiger partial charge on any atom is 0.0583 e. The van der Waals surface area contributed by atoms with Gasteiger partial charge in [-0.1, -0.05) is 42.0 Å². The number of aryl methyl sites for hydroxylation is 2. The molecule has 2 atom stereocenters. The predicted molar refractivity (Wildman–Crippen MR) is 79.7 cm³/mol. The molecule has 1 aliphatic heterocycles. The molecule has 2 aliphatic rings. The normalized spacial score (nSPS) is 23.8. The first-order valence-electron chi connectivity index (χ1n) is 7.28. The molecule has 0 spiro atoms. The van der Waals surface area contributed by atoms with Crippen LogP contribution in [0.15, 0.2) is 42.5 Å². The van der Waals surface area contributed by atoms with E-state index in [0.29, 0.717) is 12.0 Å². The molecule has 1 heteroatoms. The van der Waals surface area contributed by atoms with Crippen LogP contribution in [0.5, 0.6) is 0 Å². The average Bonchev–Trinajstić information content (AvgIpc) is 2.82. The summed E-state index contributed by atoms with van der Waals surface area (Å²) in [6.45, 7) is 2.15. The highest BCUT2D eigenvalue weighted by Crippen LogP contribution is 2.50. The summed E-state index contributed by atoms with van der Waals surface area (Å²) in [5, 5.41) is 3.75. The maximum absolute atomic E-state index is 3.75. The molecule has 0 aromatic heterocycles. The van der Waals surface area contributed by atoms with Crippen LogP contribution < -0.4 is 5.32 Å². The number of rotatable bonds is 1. The van der Waals surface area contributed by atoms with Gasteiger partial charge in [-0.3, -0.25) is 0 Å². The van der Waals surface area contributed by atoms with Crippen LogP contribution in [0.3, 0.4) is 0 Å². The largest absolute Gasteiger partial charge is 0.377 e. The lowest BCUT2D eigenvalue weighted by molar-refractivity contribution is 0.520. The molecule has 0 bridgehead atoms. The Morgan fingerprint density at radius 3 is 2.74 bits per heavy atom. The second kappa shape index (κ2) is 4.12. The highest BCUT2D eigenvalue weighted by molar-refractivity contribution is 5.64. The van der Waals surface area contributed by atoms with E-state index in [0.717, 1.165) is 0 Å². The SMILES string of the molecule is Cc1ccc(C2Nc3cccc4c3C2CCC4)cc1. The summed E-state index contributed by atoms with van der Waals surface area (Å²) in [5.41, 5.74) is 7.30. The quantitative estimate of drug-likeness (QED) is 0.780. The number of nitrogens with one attached hydrogen (secondary N) is 1. The molecular formula is C18H19N. The second-order valence-corrected chi connectivity index (χ2v) is 5.91. The number of hydrogen-bond acceptors (Lipinski definition) is 1. The topological polar surface area (TPSA) is 12.0 Å². The summed E-state index contributed by atoms with van der Waals surface area (Å²) in [5.74, 6) is 0.669. The average molecular weight is 249 g/mol. The van der Waals surface area contributed by atoms with Gasteiger partial charge in [-0.05, 0) is 48.9 Å². The van der Waals surface area contributed by atoms with Crippen LogP contribution in [0.1, 0.15) is 47.1 Å². The number of benzene rings is 2. The molecule has 1 N–H and O–H groups in total. The monoisotopic (exact) mass is 249 g/mol. The van der Waals surface area contributed by atoms with Crippen molar-refractivity contribution in [2.45, 2.75) is 38.1 Å². The van der Waals surface area contributed by atoms with Crippen molar-refractivity contribution in [1.29, 1.82) is 0 Å². The fourth-order valence-corrected chi connectivity index (χ4v) is 3.74. The van der Waals surface area contributed by atoms with Crippen molar-refractivity contribution in [1.82, 2.24) is 0 Å². The molecule has 19 heavy (non-hydrogen) atoms. The first-order valence-corrected chi connectivity index (χ1v) is 7.28. The van der Waals surface area contributed by atoms with E-state index in [2.05, 4.69) is 54.7 Å². The van der Waals surface area contributed by atoms with E-state index >= 15 is 0 Å². The predicted octanol–water partition coefficient (Wildman–Crippen LogP) is 4.58. The van der Waals surface area contributed by atoms with Gasteiger partial charge in [0.2, 0.25) is 0 Å². The Labute approximate surface area is 114 Å². The lowest BCUT2D eigenvalue weighted by Crippen LogP contribution is -2.14. The first-order chi connectivity index (χ1) is 9.33. The van der Waals surface area contributed by atoms with Crippen LogP contribution in [0.4, 0.5) is 5.69 Å². The lowest BCUT2D eigenvalue weighted by atomic mass is 9.79. The number of hydrogen-bond donors (Lipinski definition) is 1. The van der Waals surface area contributed by atoms with Crippen molar-refractivity contribution >= 4 is 5.69 Å². The fraction of sp³-hybridized carbons (Fsp3) is 0.333. The van der Waals surface area contributed by atoms with Gasteiger partial charge in [0.25, 0.3) is 0 Å². The zero-order valence-electron chi connectivity index (χ0n) is 11.3. The van der Waals surface area contributed by atoms with Crippen molar-refractivity contribution in [3.05, 3.63) is 64.7 Å². The van der Waals surface area contributed by atoms with Gasteiger partial charge in [-0.15, -0.1) is 0 Å². The summed E-state index contributed by atoms with van der Waals surface area (Å²) in [6.07, 6.45) is 3.89. The standard InChI is InChI=1S/C18H19N/c1-12-8-10-14(11-9-12)18-15-6-2-4-13-5-3-7-16(19-18)17(13)15/h3,5,7-11,15,18-19H,2,4,6H2,1H3. The molecule has 0 fully saturated rings. The van der Waals surface area contributed by atoms with E-state index in [1.165, 1.54) is 36.1 Å². The van der Waals surface area contributed by atoms with Gasteiger partial charge >= 0.3 is 0 Å². The van der Waals surface area contributed by atoms with Crippen LogP contribution in [-0.2, 0) is 6.42 Å². The van der Waals surface area contributed by atoms with Gasteiger partial charge in [0.15, 0.2) is 0 Å². The van der Waals surface area contributed by atoms with Gasteiger partial charge in [0, 0.05) is 11.6 Å². The van der Waals surface area contributed by atoms with Crippen molar-refractivity contribution in [3.63, 3.8) is 0 Å². The molecule has 1 aliphatic carbocycles. The zero-order chi connectivity index (χ0) is 12.8. The Bertz CT molecular complexity index is 612. The molecule has 0 saturated heterocycles. The van der Waals surface area contributed by atoms with Crippen LogP contribution in [0, 0.1) is 6.92 Å². The lowest BCUT2D eigenvalue weighted by Gasteiger charge is -2.25. The van der Waals surface area contributed by atoms with Gasteiger partial charge in [0.1, 0.15) is 0 Å². The summed E-state index contributed by atoms with van der Waals surface area (Å²) in [4.78, 5) is 0. The third-order valence-corrected chi connectivity index (χ3v) is 4.68. The van der Waals surface area contributed by atoms with E-state index in [4.69, 9.17) is 0 Å². The molecule has 0 radical (unpaired) electrons. The fourth-order valence-electron chi connectivity index (χ4n) is 3.74. The summed E-state index contributed by atoms with van der Waals surface area (Å²) in [6, 6.07) is 16.2. The molecule has 2 aromatic rings. The zero-order valence-corrected chi connectivity index (χ0v) is 11.3. The smallest absolute Gasteiger partial charge is 0.0583 e. The van der Waals surface area contributed by atoms with Crippen molar-refractivity contribution in [3.8, 4) is 0 Å². The Kier molecular flexibility index (Phi) is 2.41. The van der Waals surface area contributed by atoms with Crippen LogP contribution in [0.2, 0.25) is 0 Å². The minimum atomic E-state index is 0.469. The molecule has 96 valence electrons. The Morgan fingerprint density at radius 1 is 1.05 bits per heavy atom. The molecule has 2 unspecified atom stereocenters. The van der Waals surface area contributed by atoms with E-state index in [1.807, 2.05) is 0 Å². The third kappa shape index (κ3) is 1.68. The third-order valence-electron chi connectivity index (χ3n) is 4.68. The molecule has 0 saturated carbocycles. The van der Waals surface area contributed by atoms with Crippen LogP contribution >= 0.6 is 0 Å². The van der Waals surface area contributed by atoms with Crippen LogP contribution in [0.25, 0.3) is 0 Å². The van der Waals surface area contributed by atoms with Crippen molar-refractivity contribution in [2.24, 2.45) is 0 Å². The Hall–Kier alpha value is -1.76. The highest BCUT2D eigenvalue weighted by Gasteiger charge is 2.36. The second-order valence-electron chi connectivity index (χ2n) is 5.91. The van der Waals surface area contributed by atoms with Crippen LogP contribution in [-0.4, -0.2) is 0 Å². The van der Waals surface area contributed by atoms with Gasteiger partial charge in [0.05, 0.1) is 6.04 Å². The highest BCUT2D eigenvalue weighted by atomic mass is 15.0. The van der Waals surface area contributed by atoms with E-state index in [-0.39, 0.29) is 0 Å². The summed E-state index contributed by atoms with van der Waals surface area (Å²) < 4.78 is 0. The van der Waals surface area contributed by atoms with Gasteiger partial charge < -0.3 is 5.32 Å². The Morgan fingerprint density at radius 2 is 1.89 bits per heavy atom. The molecule has 1 nitrogen and oxygen atoms in total. The summed E-state index contributed by atoms with van der Waals surface area (Å²) in [7, 11) is 0. The minimum Gasteiger partial charge on any atom is -0.377 e. The van der Waals surface area contributed by atoms with E-state index in [9.17, 15) is 0 Å². The first kappa shape index (κ1) is 11.1. The maximum atomic E-state index is 3.75. The molecule has 4 rings (SSSR count). The van der Waals surface area contributed by atoms with E-state index in [1.54, 1.807) is 11.1 Å². The number of anilines is 1. The van der Waals surface area contributed by atoms with Gasteiger partial charge in [-0.25, -0.2) is 0 Å². The molecule has 0 amide bonds. The van der Waals surface area contributed by atoms with Gasteiger partial charge in [-0.2, -0.15) is 0 Å². The Balaban J connectivity index is 1.78. The summed E-state index contributed by atoms with van der Waals surface area (Å²) >= 11 is 0. The van der Waals surface area contributed by atoms with Crippen molar-refractivity contribution in [2.75, 3.05) is 5.32 Å². The molecular weight excluding hydrogens is 230 g/mol. The minimum absolute atomic E-state index is 0.469. The van der Waals surface area contributed by atoms with E-state index < -0.39 is 0 Å².